The molecule has 1 aliphatic heterocycles. The molecule has 23 heavy (non-hydrogen) atoms. The summed E-state index contributed by atoms with van der Waals surface area (Å²) in [5, 5.41) is 5.04. The molecule has 0 aliphatic carbocycles. The highest BCUT2D eigenvalue weighted by molar-refractivity contribution is 6.07. The first-order valence-electron chi connectivity index (χ1n) is 7.50. The van der Waals surface area contributed by atoms with Gasteiger partial charge < -0.3 is 10.2 Å². The molecule has 2 aromatic carbocycles. The minimum absolute atomic E-state index is 0.214. The highest BCUT2D eigenvalue weighted by atomic mass is 16.2. The lowest BCUT2D eigenvalue weighted by Gasteiger charge is -2.23. The van der Waals surface area contributed by atoms with E-state index in [0.717, 1.165) is 22.0 Å². The Kier molecular flexibility index (Phi) is 3.98. The highest BCUT2D eigenvalue weighted by Crippen LogP contribution is 2.27. The number of benzene rings is 2. The Hall–Kier alpha value is -2.88. The Morgan fingerprint density at radius 2 is 2.04 bits per heavy atom. The second-order valence-electron chi connectivity index (χ2n) is 5.54. The lowest BCUT2D eigenvalue weighted by atomic mass is 10.0. The second-order valence-corrected chi connectivity index (χ2v) is 5.54. The van der Waals surface area contributed by atoms with Crippen molar-refractivity contribution in [3.05, 3.63) is 66.8 Å². The number of carbonyl (C=O) groups is 2. The molecule has 116 valence electrons. The van der Waals surface area contributed by atoms with Crippen molar-refractivity contribution in [1.82, 2.24) is 4.90 Å². The Balaban J connectivity index is 1.91. The number of aryl methyl sites for hydroxylation is 1. The lowest BCUT2D eigenvalue weighted by Crippen LogP contribution is -2.42. The van der Waals surface area contributed by atoms with Crippen LogP contribution >= 0.6 is 0 Å². The molecule has 0 radical (unpaired) electrons. The van der Waals surface area contributed by atoms with Crippen molar-refractivity contribution in [1.29, 1.82) is 0 Å². The maximum absolute atomic E-state index is 12.7. The smallest absolute Gasteiger partial charge is 0.251 e. The van der Waals surface area contributed by atoms with Crippen molar-refractivity contribution in [3.63, 3.8) is 0 Å². The number of anilines is 1. The average Bonchev–Trinajstić information content (AvgIpc) is 3.06. The fourth-order valence-electron chi connectivity index (χ4n) is 2.84. The summed E-state index contributed by atoms with van der Waals surface area (Å²) in [5.41, 5.74) is 1.78. The third-order valence-electron chi connectivity index (χ3n) is 4.07. The molecule has 1 heterocycles. The zero-order chi connectivity index (χ0) is 16.4. The van der Waals surface area contributed by atoms with Crippen LogP contribution in [-0.2, 0) is 9.59 Å². The molecule has 4 heteroatoms. The third kappa shape index (κ3) is 2.75. The van der Waals surface area contributed by atoms with Crippen LogP contribution in [0.4, 0.5) is 5.69 Å². The summed E-state index contributed by atoms with van der Waals surface area (Å²) in [4.78, 5) is 26.0. The average molecular weight is 306 g/mol. The Labute approximate surface area is 135 Å². The van der Waals surface area contributed by atoms with Gasteiger partial charge in [0.2, 0.25) is 5.91 Å². The van der Waals surface area contributed by atoms with E-state index in [9.17, 15) is 9.59 Å². The summed E-state index contributed by atoms with van der Waals surface area (Å²) < 4.78 is 0. The Bertz CT molecular complexity index is 823. The molecule has 3 rings (SSSR count). The van der Waals surface area contributed by atoms with Gasteiger partial charge in [-0.2, -0.15) is 0 Å². The second kappa shape index (κ2) is 6.08. The first kappa shape index (κ1) is 15.0. The van der Waals surface area contributed by atoms with E-state index >= 15 is 0 Å². The van der Waals surface area contributed by atoms with Gasteiger partial charge in [-0.25, -0.2) is 0 Å². The van der Waals surface area contributed by atoms with Crippen LogP contribution in [0, 0.1) is 6.92 Å². The molecule has 0 saturated heterocycles. The predicted octanol–water partition coefficient (Wildman–Crippen LogP) is 3.04. The summed E-state index contributed by atoms with van der Waals surface area (Å²) >= 11 is 0. The van der Waals surface area contributed by atoms with Gasteiger partial charge >= 0.3 is 0 Å². The number of nitrogens with one attached hydrogen (secondary N) is 1. The number of hydrogen-bond donors (Lipinski definition) is 1. The topological polar surface area (TPSA) is 49.4 Å². The molecule has 1 N–H and O–H groups in total. The van der Waals surface area contributed by atoms with E-state index in [1.807, 2.05) is 49.4 Å². The molecule has 0 bridgehead atoms. The van der Waals surface area contributed by atoms with E-state index < -0.39 is 6.04 Å². The molecule has 0 saturated carbocycles. The van der Waals surface area contributed by atoms with E-state index in [2.05, 4.69) is 11.9 Å². The van der Waals surface area contributed by atoms with E-state index in [0.29, 0.717) is 6.54 Å². The number of amides is 2. The van der Waals surface area contributed by atoms with Crippen molar-refractivity contribution in [2.75, 3.05) is 11.9 Å². The molecule has 2 amide bonds. The van der Waals surface area contributed by atoms with Crippen molar-refractivity contribution in [2.24, 2.45) is 0 Å². The van der Waals surface area contributed by atoms with E-state index in [1.165, 1.54) is 11.0 Å². The summed E-state index contributed by atoms with van der Waals surface area (Å²) in [7, 11) is 0. The number of nitrogens with zero attached hydrogens (tertiary/aromatic N) is 1. The molecule has 0 spiro atoms. The molecule has 4 nitrogen and oxygen atoms in total. The monoisotopic (exact) mass is 306 g/mol. The van der Waals surface area contributed by atoms with E-state index in [4.69, 9.17) is 0 Å². The molecular weight excluding hydrogens is 288 g/mol. The largest absolute Gasteiger partial charge is 0.323 e. The minimum Gasteiger partial charge on any atom is -0.323 e. The fourth-order valence-corrected chi connectivity index (χ4v) is 2.84. The molecule has 0 unspecified atom stereocenters. The summed E-state index contributed by atoms with van der Waals surface area (Å²) in [6.45, 7) is 5.87. The lowest BCUT2D eigenvalue weighted by molar-refractivity contribution is -0.131. The van der Waals surface area contributed by atoms with Crippen LogP contribution in [0.25, 0.3) is 10.8 Å². The van der Waals surface area contributed by atoms with Crippen LogP contribution in [0.3, 0.4) is 0 Å². The standard InChI is InChI=1S/C19H18N2O2/c1-3-17(22)21-12-6-9-16(21)19(23)20-18-13(2)10-11-14-7-4-5-8-15(14)18/h3-11,16H,1,12H2,2H3,(H,20,23)/t16-/m0/s1. The van der Waals surface area contributed by atoms with Crippen molar-refractivity contribution in [3.8, 4) is 0 Å². The molecular formula is C19H18N2O2. The molecule has 0 aromatic heterocycles. The van der Waals surface area contributed by atoms with Crippen molar-refractivity contribution >= 4 is 28.3 Å². The number of fused-ring (bicyclic) bond motifs is 1. The number of rotatable bonds is 3. The van der Waals surface area contributed by atoms with Crippen LogP contribution in [0.1, 0.15) is 5.56 Å². The van der Waals surface area contributed by atoms with Crippen molar-refractivity contribution < 1.29 is 9.59 Å². The van der Waals surface area contributed by atoms with Crippen LogP contribution < -0.4 is 5.32 Å². The quantitative estimate of drug-likeness (QED) is 0.700. The van der Waals surface area contributed by atoms with Crippen LogP contribution in [0.5, 0.6) is 0 Å². The minimum atomic E-state index is -0.598. The van der Waals surface area contributed by atoms with Gasteiger partial charge in [0.05, 0.1) is 5.69 Å². The third-order valence-corrected chi connectivity index (χ3v) is 4.07. The Morgan fingerprint density at radius 1 is 1.26 bits per heavy atom. The molecule has 1 aliphatic rings. The van der Waals surface area contributed by atoms with Gasteiger partial charge in [-0.15, -0.1) is 0 Å². The summed E-state index contributed by atoms with van der Waals surface area (Å²) in [6, 6.07) is 11.3. The molecule has 1 atom stereocenters. The number of hydrogen-bond acceptors (Lipinski definition) is 2. The first-order valence-corrected chi connectivity index (χ1v) is 7.50. The molecule has 0 fully saturated rings. The zero-order valence-electron chi connectivity index (χ0n) is 13.0. The molecule has 2 aromatic rings. The summed E-state index contributed by atoms with van der Waals surface area (Å²) in [6.07, 6.45) is 4.80. The van der Waals surface area contributed by atoms with Gasteiger partial charge in [0.25, 0.3) is 5.91 Å². The van der Waals surface area contributed by atoms with Crippen LogP contribution in [-0.4, -0.2) is 29.3 Å². The SMILES string of the molecule is C=CC(=O)N1CC=C[C@H]1C(=O)Nc1c(C)ccc2ccccc12. The number of carbonyl (C=O) groups excluding carboxylic acids is 2. The zero-order valence-corrected chi connectivity index (χ0v) is 13.0. The Morgan fingerprint density at radius 3 is 2.83 bits per heavy atom. The normalized spacial score (nSPS) is 16.6. The predicted molar refractivity (Wildman–Crippen MR) is 92.2 cm³/mol. The van der Waals surface area contributed by atoms with Gasteiger partial charge in [0.15, 0.2) is 0 Å². The van der Waals surface area contributed by atoms with Gasteiger partial charge in [0.1, 0.15) is 6.04 Å². The fraction of sp³-hybridized carbons (Fsp3) is 0.158. The maximum Gasteiger partial charge on any atom is 0.251 e. The highest BCUT2D eigenvalue weighted by Gasteiger charge is 2.29. The van der Waals surface area contributed by atoms with E-state index in [-0.39, 0.29) is 11.8 Å². The van der Waals surface area contributed by atoms with Crippen molar-refractivity contribution in [2.45, 2.75) is 13.0 Å². The van der Waals surface area contributed by atoms with E-state index in [1.54, 1.807) is 6.08 Å². The summed E-state index contributed by atoms with van der Waals surface area (Å²) in [5.74, 6) is -0.460. The van der Waals surface area contributed by atoms with Gasteiger partial charge in [-0.3, -0.25) is 9.59 Å². The van der Waals surface area contributed by atoms with Gasteiger partial charge in [0, 0.05) is 11.9 Å². The van der Waals surface area contributed by atoms with Gasteiger partial charge in [-0.05, 0) is 23.9 Å². The van der Waals surface area contributed by atoms with Gasteiger partial charge in [-0.1, -0.05) is 55.1 Å². The van der Waals surface area contributed by atoms with Crippen LogP contribution in [0.2, 0.25) is 0 Å². The maximum atomic E-state index is 12.7. The van der Waals surface area contributed by atoms with Crippen LogP contribution in [0.15, 0.2) is 61.2 Å². The first-order chi connectivity index (χ1) is 11.1.